The molecule has 0 unspecified atom stereocenters. The maximum Gasteiger partial charge on any atom is 0.422 e. The largest absolute Gasteiger partial charge is 0.468 e. The van der Waals surface area contributed by atoms with E-state index >= 15 is 0 Å². The second-order valence-corrected chi connectivity index (χ2v) is 6.31. The Balaban J connectivity index is 1.47. The number of aromatic nitrogens is 2. The highest BCUT2D eigenvalue weighted by Gasteiger charge is 2.28. The first-order valence-corrected chi connectivity index (χ1v) is 8.79. The van der Waals surface area contributed by atoms with Crippen molar-refractivity contribution in [2.45, 2.75) is 25.6 Å². The summed E-state index contributed by atoms with van der Waals surface area (Å²) < 4.78 is 40.8. The molecule has 0 saturated carbocycles. The maximum atomic E-state index is 12.1. The summed E-state index contributed by atoms with van der Waals surface area (Å²) in [6.07, 6.45) is 0.816. The van der Waals surface area contributed by atoms with Gasteiger partial charge in [0.05, 0.1) is 11.9 Å². The number of nitrogens with one attached hydrogen (secondary N) is 2. The van der Waals surface area contributed by atoms with Crippen molar-refractivity contribution in [2.75, 3.05) is 29.9 Å². The smallest absolute Gasteiger partial charge is 0.422 e. The first-order valence-electron chi connectivity index (χ1n) is 8.79. The number of rotatable bonds is 6. The van der Waals surface area contributed by atoms with Gasteiger partial charge in [0.25, 0.3) is 0 Å². The monoisotopic (exact) mass is 395 g/mol. The van der Waals surface area contributed by atoms with E-state index in [2.05, 4.69) is 30.2 Å². The molecule has 0 aromatic carbocycles. The molecule has 1 saturated heterocycles. The van der Waals surface area contributed by atoms with E-state index in [1.807, 2.05) is 12.1 Å². The zero-order valence-electron chi connectivity index (χ0n) is 15.0. The molecule has 28 heavy (non-hydrogen) atoms. The number of urea groups is 1. The third kappa shape index (κ3) is 6.00. The highest BCUT2D eigenvalue weighted by molar-refractivity contribution is 5.88. The van der Waals surface area contributed by atoms with Gasteiger partial charge in [-0.15, -0.1) is 0 Å². The highest BCUT2D eigenvalue weighted by Crippen LogP contribution is 2.19. The van der Waals surface area contributed by atoms with Gasteiger partial charge in [-0.3, -0.25) is 0 Å². The molecule has 7 nitrogen and oxygen atoms in total. The minimum atomic E-state index is -4.43. The lowest BCUT2D eigenvalue weighted by Gasteiger charge is -2.17. The molecule has 2 aromatic rings. The number of amides is 2. The summed E-state index contributed by atoms with van der Waals surface area (Å²) in [5.74, 6) is 0.727. The molecule has 3 rings (SSSR count). The van der Waals surface area contributed by atoms with Crippen molar-refractivity contribution in [2.24, 2.45) is 0 Å². The van der Waals surface area contributed by atoms with Crippen LogP contribution in [0.1, 0.15) is 18.4 Å². The Kier molecular flexibility index (Phi) is 6.17. The SMILES string of the molecule is O=C(NCc1ccnc(N2CCCC2)c1)Nc1ccc(OCC(F)(F)F)nc1. The van der Waals surface area contributed by atoms with Gasteiger partial charge in [-0.1, -0.05) is 0 Å². The Morgan fingerprint density at radius 1 is 1.18 bits per heavy atom. The molecule has 1 aliphatic rings. The molecule has 0 radical (unpaired) electrons. The van der Waals surface area contributed by atoms with Crippen molar-refractivity contribution in [3.63, 3.8) is 0 Å². The number of hydrogen-bond acceptors (Lipinski definition) is 5. The van der Waals surface area contributed by atoms with E-state index in [-0.39, 0.29) is 5.88 Å². The number of carbonyl (C=O) groups excluding carboxylic acids is 1. The summed E-state index contributed by atoms with van der Waals surface area (Å²) in [5, 5.41) is 5.29. The minimum absolute atomic E-state index is 0.172. The Morgan fingerprint density at radius 3 is 2.64 bits per heavy atom. The van der Waals surface area contributed by atoms with Crippen LogP contribution in [0.4, 0.5) is 29.5 Å². The van der Waals surface area contributed by atoms with Gasteiger partial charge in [0.15, 0.2) is 6.61 Å². The highest BCUT2D eigenvalue weighted by atomic mass is 19.4. The van der Waals surface area contributed by atoms with E-state index in [1.165, 1.54) is 18.3 Å². The summed E-state index contributed by atoms with van der Waals surface area (Å²) in [6.45, 7) is 0.869. The van der Waals surface area contributed by atoms with Crippen molar-refractivity contribution < 1.29 is 22.7 Å². The standard InChI is InChI=1S/C18H20F3N5O2/c19-18(20,21)12-28-16-4-3-14(11-23-16)25-17(27)24-10-13-5-6-22-15(9-13)26-7-1-2-8-26/h3-6,9,11H,1-2,7-8,10,12H2,(H2,24,25,27). The number of nitrogens with zero attached hydrogens (tertiary/aromatic N) is 3. The first kappa shape index (κ1) is 19.7. The van der Waals surface area contributed by atoms with Crippen LogP contribution in [0.5, 0.6) is 5.88 Å². The minimum Gasteiger partial charge on any atom is -0.468 e. The van der Waals surface area contributed by atoms with Gasteiger partial charge >= 0.3 is 12.2 Å². The van der Waals surface area contributed by atoms with E-state index in [0.29, 0.717) is 12.2 Å². The Morgan fingerprint density at radius 2 is 1.96 bits per heavy atom. The number of alkyl halides is 3. The van der Waals surface area contributed by atoms with Crippen LogP contribution in [0, 0.1) is 0 Å². The van der Waals surface area contributed by atoms with Crippen LogP contribution in [0.3, 0.4) is 0 Å². The first-order chi connectivity index (χ1) is 13.4. The maximum absolute atomic E-state index is 12.1. The molecule has 0 atom stereocenters. The quantitative estimate of drug-likeness (QED) is 0.784. The Bertz CT molecular complexity index is 793. The number of ether oxygens (including phenoxy) is 1. The third-order valence-corrected chi connectivity index (χ3v) is 4.07. The zero-order valence-corrected chi connectivity index (χ0v) is 15.0. The topological polar surface area (TPSA) is 79.4 Å². The van der Waals surface area contributed by atoms with Crippen LogP contribution >= 0.6 is 0 Å². The second kappa shape index (κ2) is 8.77. The summed E-state index contributed by atoms with van der Waals surface area (Å²) >= 11 is 0. The molecule has 10 heteroatoms. The van der Waals surface area contributed by atoms with Gasteiger partial charge in [-0.2, -0.15) is 13.2 Å². The lowest BCUT2D eigenvalue weighted by molar-refractivity contribution is -0.154. The van der Waals surface area contributed by atoms with E-state index in [4.69, 9.17) is 0 Å². The summed E-state index contributed by atoms with van der Waals surface area (Å²) in [5.41, 5.74) is 1.26. The number of halogens is 3. The number of pyridine rings is 2. The van der Waals surface area contributed by atoms with Crippen LogP contribution in [0.25, 0.3) is 0 Å². The molecule has 2 amide bonds. The second-order valence-electron chi connectivity index (χ2n) is 6.31. The van der Waals surface area contributed by atoms with E-state index in [1.54, 1.807) is 6.20 Å². The van der Waals surface area contributed by atoms with E-state index < -0.39 is 18.8 Å². The van der Waals surface area contributed by atoms with Crippen molar-refractivity contribution in [3.8, 4) is 5.88 Å². The fourth-order valence-corrected chi connectivity index (χ4v) is 2.74. The number of hydrogen-bond donors (Lipinski definition) is 2. The van der Waals surface area contributed by atoms with Gasteiger partial charge in [0.2, 0.25) is 5.88 Å². The predicted octanol–water partition coefficient (Wildman–Crippen LogP) is 3.34. The molecular weight excluding hydrogens is 375 g/mol. The molecule has 0 spiro atoms. The van der Waals surface area contributed by atoms with Crippen molar-refractivity contribution in [1.82, 2.24) is 15.3 Å². The predicted molar refractivity (Wildman–Crippen MR) is 97.3 cm³/mol. The van der Waals surface area contributed by atoms with Gasteiger partial charge < -0.3 is 20.3 Å². The lowest BCUT2D eigenvalue weighted by atomic mass is 10.2. The van der Waals surface area contributed by atoms with E-state index in [0.717, 1.165) is 37.3 Å². The van der Waals surface area contributed by atoms with Crippen LogP contribution in [-0.2, 0) is 6.54 Å². The van der Waals surface area contributed by atoms with Crippen molar-refractivity contribution >= 4 is 17.5 Å². The average molecular weight is 395 g/mol. The van der Waals surface area contributed by atoms with Crippen LogP contribution in [0.2, 0.25) is 0 Å². The van der Waals surface area contributed by atoms with Gasteiger partial charge in [0.1, 0.15) is 5.82 Å². The van der Waals surface area contributed by atoms with Crippen LogP contribution < -0.4 is 20.3 Å². The Labute approximate surface area is 159 Å². The molecule has 0 bridgehead atoms. The summed E-state index contributed by atoms with van der Waals surface area (Å²) in [6, 6.07) is 5.99. The molecule has 2 aromatic heterocycles. The third-order valence-electron chi connectivity index (χ3n) is 4.07. The molecule has 0 aliphatic carbocycles. The number of carbonyl (C=O) groups is 1. The number of anilines is 2. The van der Waals surface area contributed by atoms with Gasteiger partial charge in [0, 0.05) is 31.9 Å². The molecule has 3 heterocycles. The summed E-state index contributed by atoms with van der Waals surface area (Å²) in [4.78, 5) is 22.3. The van der Waals surface area contributed by atoms with Crippen molar-refractivity contribution in [1.29, 1.82) is 0 Å². The lowest BCUT2D eigenvalue weighted by Crippen LogP contribution is -2.28. The van der Waals surface area contributed by atoms with Gasteiger partial charge in [-0.25, -0.2) is 14.8 Å². The zero-order chi connectivity index (χ0) is 20.0. The molecular formula is C18H20F3N5O2. The van der Waals surface area contributed by atoms with Crippen LogP contribution in [0.15, 0.2) is 36.7 Å². The molecule has 150 valence electrons. The summed E-state index contributed by atoms with van der Waals surface area (Å²) in [7, 11) is 0. The Hall–Kier alpha value is -3.04. The molecule has 2 N–H and O–H groups in total. The normalized spacial score (nSPS) is 14.0. The fraction of sp³-hybridized carbons (Fsp3) is 0.389. The van der Waals surface area contributed by atoms with Crippen LogP contribution in [-0.4, -0.2) is 41.9 Å². The average Bonchev–Trinajstić information content (AvgIpc) is 3.20. The van der Waals surface area contributed by atoms with Gasteiger partial charge in [-0.05, 0) is 36.6 Å². The molecule has 1 fully saturated rings. The van der Waals surface area contributed by atoms with Crippen molar-refractivity contribution in [3.05, 3.63) is 42.2 Å². The fourth-order valence-electron chi connectivity index (χ4n) is 2.74. The van der Waals surface area contributed by atoms with E-state index in [9.17, 15) is 18.0 Å². The molecule has 1 aliphatic heterocycles.